The molecule has 16 heavy (non-hydrogen) atoms. The summed E-state index contributed by atoms with van der Waals surface area (Å²) in [6, 6.07) is 7.39. The average molecular weight is 287 g/mol. The van der Waals surface area contributed by atoms with Crippen molar-refractivity contribution in [3.63, 3.8) is 0 Å². The fourth-order valence-electron chi connectivity index (χ4n) is 1.74. The van der Waals surface area contributed by atoms with Crippen molar-refractivity contribution in [2.45, 2.75) is 5.54 Å². The molecule has 0 aliphatic carbocycles. The zero-order valence-corrected chi connectivity index (χ0v) is 10.2. The summed E-state index contributed by atoms with van der Waals surface area (Å²) in [6.45, 7) is -0.124. The van der Waals surface area contributed by atoms with Crippen LogP contribution in [-0.2, 0) is 10.3 Å². The summed E-state index contributed by atoms with van der Waals surface area (Å²) < 4.78 is 19.4. The molecule has 0 saturated carbocycles. The van der Waals surface area contributed by atoms with Gasteiger partial charge in [-0.3, -0.25) is 4.99 Å². The van der Waals surface area contributed by atoms with E-state index in [4.69, 9.17) is 10.5 Å². The first kappa shape index (κ1) is 11.5. The van der Waals surface area contributed by atoms with E-state index < -0.39 is 12.2 Å². The van der Waals surface area contributed by atoms with Gasteiger partial charge in [-0.2, -0.15) is 0 Å². The summed E-state index contributed by atoms with van der Waals surface area (Å²) in [6.07, 6.45) is 0. The van der Waals surface area contributed by atoms with Crippen molar-refractivity contribution in [3.05, 3.63) is 34.3 Å². The van der Waals surface area contributed by atoms with Crippen LogP contribution in [0.1, 0.15) is 5.56 Å². The highest BCUT2D eigenvalue weighted by Gasteiger charge is 2.35. The van der Waals surface area contributed by atoms with Gasteiger partial charge in [-0.05, 0) is 17.7 Å². The molecule has 2 rings (SSSR count). The molecule has 0 bridgehead atoms. The molecule has 0 spiro atoms. The largest absolute Gasteiger partial charge is 0.385 e. The SMILES string of the molecule is NC1=N[C@](CF)(c2cccc(Br)c2)COC1. The number of halogens is 2. The molecule has 1 aliphatic heterocycles. The van der Waals surface area contributed by atoms with Gasteiger partial charge in [-0.25, -0.2) is 4.39 Å². The summed E-state index contributed by atoms with van der Waals surface area (Å²) >= 11 is 3.35. The van der Waals surface area contributed by atoms with E-state index in [2.05, 4.69) is 20.9 Å². The minimum absolute atomic E-state index is 0.223. The smallest absolute Gasteiger partial charge is 0.139 e. The average Bonchev–Trinajstić information content (AvgIpc) is 2.29. The number of rotatable bonds is 2. The van der Waals surface area contributed by atoms with Crippen LogP contribution in [0.5, 0.6) is 0 Å². The quantitative estimate of drug-likeness (QED) is 0.904. The van der Waals surface area contributed by atoms with Crippen LogP contribution in [0.15, 0.2) is 33.7 Å². The van der Waals surface area contributed by atoms with Crippen molar-refractivity contribution in [2.24, 2.45) is 10.7 Å². The van der Waals surface area contributed by atoms with Crippen molar-refractivity contribution in [1.29, 1.82) is 0 Å². The van der Waals surface area contributed by atoms with Crippen LogP contribution in [-0.4, -0.2) is 25.7 Å². The third-order valence-corrected chi connectivity index (χ3v) is 3.02. The van der Waals surface area contributed by atoms with Crippen LogP contribution >= 0.6 is 15.9 Å². The van der Waals surface area contributed by atoms with Crippen molar-refractivity contribution < 1.29 is 9.13 Å². The topological polar surface area (TPSA) is 47.6 Å². The molecule has 1 aliphatic rings. The van der Waals surface area contributed by atoms with Gasteiger partial charge in [0.25, 0.3) is 0 Å². The first-order valence-corrected chi connectivity index (χ1v) is 5.69. The molecular formula is C11H12BrFN2O. The van der Waals surface area contributed by atoms with Gasteiger partial charge < -0.3 is 10.5 Å². The van der Waals surface area contributed by atoms with Gasteiger partial charge in [0.15, 0.2) is 0 Å². The molecule has 1 aromatic rings. The molecule has 2 N–H and O–H groups in total. The van der Waals surface area contributed by atoms with E-state index >= 15 is 0 Å². The summed E-state index contributed by atoms with van der Waals surface area (Å²) in [5, 5.41) is 0. The van der Waals surface area contributed by atoms with E-state index in [1.165, 1.54) is 0 Å². The van der Waals surface area contributed by atoms with E-state index in [1.54, 1.807) is 0 Å². The predicted molar refractivity (Wildman–Crippen MR) is 64.2 cm³/mol. The first-order chi connectivity index (χ1) is 7.66. The van der Waals surface area contributed by atoms with Crippen LogP contribution in [0.4, 0.5) is 4.39 Å². The lowest BCUT2D eigenvalue weighted by Crippen LogP contribution is -2.41. The molecule has 0 fully saturated rings. The van der Waals surface area contributed by atoms with Crippen LogP contribution in [0, 0.1) is 0 Å². The van der Waals surface area contributed by atoms with Crippen molar-refractivity contribution in [2.75, 3.05) is 19.9 Å². The van der Waals surface area contributed by atoms with E-state index in [9.17, 15) is 4.39 Å². The van der Waals surface area contributed by atoms with Gasteiger partial charge in [-0.15, -0.1) is 0 Å². The van der Waals surface area contributed by atoms with Gasteiger partial charge >= 0.3 is 0 Å². The normalized spacial score (nSPS) is 25.2. The molecule has 1 aromatic carbocycles. The number of amidine groups is 1. The first-order valence-electron chi connectivity index (χ1n) is 4.90. The predicted octanol–water partition coefficient (Wildman–Crippen LogP) is 2.00. The summed E-state index contributed by atoms with van der Waals surface area (Å²) in [5.74, 6) is 0.337. The minimum Gasteiger partial charge on any atom is -0.385 e. The van der Waals surface area contributed by atoms with Gasteiger partial charge in [-0.1, -0.05) is 28.1 Å². The number of benzene rings is 1. The van der Waals surface area contributed by atoms with Gasteiger partial charge in [0.05, 0.1) is 6.61 Å². The molecule has 0 saturated heterocycles. The highest BCUT2D eigenvalue weighted by atomic mass is 79.9. The maximum atomic E-state index is 13.3. The molecule has 5 heteroatoms. The Balaban J connectivity index is 2.45. The molecule has 86 valence electrons. The number of ether oxygens (including phenoxy) is 1. The lowest BCUT2D eigenvalue weighted by atomic mass is 9.92. The minimum atomic E-state index is -0.980. The fourth-order valence-corrected chi connectivity index (χ4v) is 2.13. The van der Waals surface area contributed by atoms with E-state index in [-0.39, 0.29) is 13.2 Å². The number of alkyl halides is 1. The Hall–Kier alpha value is -0.940. The summed E-state index contributed by atoms with van der Waals surface area (Å²) in [4.78, 5) is 4.22. The zero-order chi connectivity index (χ0) is 11.6. The fraction of sp³-hybridized carbons (Fsp3) is 0.364. The molecule has 0 radical (unpaired) electrons. The number of nitrogens with zero attached hydrogens (tertiary/aromatic N) is 1. The third-order valence-electron chi connectivity index (χ3n) is 2.53. The Bertz CT molecular complexity index is 424. The lowest BCUT2D eigenvalue weighted by molar-refractivity contribution is 0.0827. The van der Waals surface area contributed by atoms with Crippen molar-refractivity contribution in [3.8, 4) is 0 Å². The molecule has 1 atom stereocenters. The molecule has 0 aromatic heterocycles. The number of hydrogen-bond donors (Lipinski definition) is 1. The van der Waals surface area contributed by atoms with E-state index in [0.29, 0.717) is 5.84 Å². The Labute approximate surface area is 102 Å². The lowest BCUT2D eigenvalue weighted by Gasteiger charge is -2.31. The van der Waals surface area contributed by atoms with Crippen molar-refractivity contribution in [1.82, 2.24) is 0 Å². The highest BCUT2D eigenvalue weighted by Crippen LogP contribution is 2.31. The number of aliphatic imine (C=N–C) groups is 1. The monoisotopic (exact) mass is 286 g/mol. The second-order valence-electron chi connectivity index (χ2n) is 3.77. The van der Waals surface area contributed by atoms with Gasteiger partial charge in [0.2, 0.25) is 0 Å². The Morgan fingerprint density at radius 2 is 2.38 bits per heavy atom. The summed E-state index contributed by atoms with van der Waals surface area (Å²) in [5.41, 5.74) is 5.40. The van der Waals surface area contributed by atoms with Crippen LogP contribution in [0.3, 0.4) is 0 Å². The van der Waals surface area contributed by atoms with Crippen LogP contribution in [0.25, 0.3) is 0 Å². The third kappa shape index (κ3) is 2.10. The molecule has 0 amide bonds. The van der Waals surface area contributed by atoms with E-state index in [1.807, 2.05) is 24.3 Å². The Morgan fingerprint density at radius 3 is 3.00 bits per heavy atom. The summed E-state index contributed by atoms with van der Waals surface area (Å²) in [7, 11) is 0. The van der Waals surface area contributed by atoms with Gasteiger partial charge in [0.1, 0.15) is 24.7 Å². The maximum Gasteiger partial charge on any atom is 0.139 e. The molecular weight excluding hydrogens is 275 g/mol. The number of nitrogens with two attached hydrogens (primary N) is 1. The second kappa shape index (κ2) is 4.51. The standard InChI is InChI=1S/C11H12BrFN2O/c12-9-3-1-2-8(4-9)11(6-13)7-16-5-10(14)15-11/h1-4H,5-7H2,(H2,14,15)/t11-/m0/s1. The van der Waals surface area contributed by atoms with E-state index in [0.717, 1.165) is 10.0 Å². The van der Waals surface area contributed by atoms with Crippen LogP contribution < -0.4 is 5.73 Å². The second-order valence-corrected chi connectivity index (χ2v) is 4.69. The molecule has 3 nitrogen and oxygen atoms in total. The Kier molecular flexibility index (Phi) is 3.25. The Morgan fingerprint density at radius 1 is 1.56 bits per heavy atom. The highest BCUT2D eigenvalue weighted by molar-refractivity contribution is 9.10. The van der Waals surface area contributed by atoms with Gasteiger partial charge in [0, 0.05) is 4.47 Å². The molecule has 1 heterocycles. The van der Waals surface area contributed by atoms with Crippen LogP contribution in [0.2, 0.25) is 0 Å². The zero-order valence-electron chi connectivity index (χ0n) is 8.62. The maximum absolute atomic E-state index is 13.3. The van der Waals surface area contributed by atoms with Crippen molar-refractivity contribution >= 4 is 21.8 Å². The number of hydrogen-bond acceptors (Lipinski definition) is 3. The molecule has 0 unspecified atom stereocenters.